The van der Waals surface area contributed by atoms with Gasteiger partial charge in [-0.3, -0.25) is 4.39 Å². The van der Waals surface area contributed by atoms with Crippen LogP contribution in [0.15, 0.2) is 18.2 Å². The van der Waals surface area contributed by atoms with Crippen molar-refractivity contribution in [3.8, 4) is 5.75 Å². The third kappa shape index (κ3) is 5.90. The summed E-state index contributed by atoms with van der Waals surface area (Å²) in [7, 11) is 0. The van der Waals surface area contributed by atoms with Crippen LogP contribution in [-0.2, 0) is 0 Å². The molecule has 0 unspecified atom stereocenters. The Morgan fingerprint density at radius 2 is 1.65 bits per heavy atom. The minimum absolute atomic E-state index is 0. The smallest absolute Gasteiger partial charge is 0.516 e. The zero-order valence-corrected chi connectivity index (χ0v) is 19.6. The van der Waals surface area contributed by atoms with Crippen molar-refractivity contribution in [3.05, 3.63) is 30.1 Å². The second kappa shape index (κ2) is 10.0. The van der Waals surface area contributed by atoms with Crippen LogP contribution in [0.4, 0.5) is 4.39 Å². The molecule has 0 radical (unpaired) electrons. The van der Waals surface area contributed by atoms with Crippen molar-refractivity contribution < 1.29 is 67.3 Å². The van der Waals surface area contributed by atoms with Crippen LogP contribution in [0.2, 0.25) is 0 Å². The topological polar surface area (TPSA) is 9.23 Å². The molecule has 0 N–H and O–H groups in total. The summed E-state index contributed by atoms with van der Waals surface area (Å²) >= 11 is 0. The third-order valence-corrected chi connectivity index (χ3v) is 5.87. The zero-order valence-electron chi connectivity index (χ0n) is 14.7. The predicted molar refractivity (Wildman–Crippen MR) is 87.3 cm³/mol. The van der Waals surface area contributed by atoms with Gasteiger partial charge in [-0.25, -0.2) is 0 Å². The van der Waals surface area contributed by atoms with E-state index in [9.17, 15) is 4.39 Å². The second-order valence-corrected chi connectivity index (χ2v) is 7.47. The van der Waals surface area contributed by atoms with Gasteiger partial charge in [0.25, 0.3) is 0 Å². The van der Waals surface area contributed by atoms with Crippen molar-refractivity contribution in [1.29, 1.82) is 0 Å². The van der Waals surface area contributed by atoms with Crippen LogP contribution in [0, 0.1) is 35.6 Å². The second-order valence-electron chi connectivity index (χ2n) is 7.47. The molecule has 1 nitrogen and oxygen atoms in total. The van der Waals surface area contributed by atoms with Gasteiger partial charge in [-0.05, 0) is 62.2 Å². The minimum Gasteiger partial charge on any atom is -0.516 e. The van der Waals surface area contributed by atoms with E-state index in [2.05, 4.69) is 13.0 Å². The fraction of sp³-hybridized carbons (Fsp3) is 0.700. The van der Waals surface area contributed by atoms with Gasteiger partial charge in [-0.1, -0.05) is 19.8 Å². The van der Waals surface area contributed by atoms with Gasteiger partial charge in [0.05, 0.1) is 6.61 Å². The largest absolute Gasteiger partial charge is 1.00 e. The van der Waals surface area contributed by atoms with Crippen LogP contribution in [0.25, 0.3) is 0 Å². The Balaban J connectivity index is 0.00000192. The van der Waals surface area contributed by atoms with E-state index in [1.807, 2.05) is 0 Å². The summed E-state index contributed by atoms with van der Waals surface area (Å²) in [5, 5.41) is 0. The van der Waals surface area contributed by atoms with Gasteiger partial charge in [0.1, 0.15) is 0 Å². The van der Waals surface area contributed by atoms with Gasteiger partial charge in [-0.15, -0.1) is 12.1 Å². The fourth-order valence-electron chi connectivity index (χ4n) is 4.30. The summed E-state index contributed by atoms with van der Waals surface area (Å²) in [4.78, 5) is 0. The Labute approximate surface area is 189 Å². The van der Waals surface area contributed by atoms with Crippen LogP contribution in [0.1, 0.15) is 58.3 Å². The molecular weight excluding hydrogens is 361 g/mol. The first-order valence-electron chi connectivity index (χ1n) is 9.00. The molecule has 0 saturated heterocycles. The molecule has 3 heteroatoms. The van der Waals surface area contributed by atoms with Crippen LogP contribution in [0.5, 0.6) is 5.75 Å². The minimum atomic E-state index is -0.299. The molecule has 2 fully saturated rings. The average Bonchev–Trinajstić information content (AvgIpc) is 2.55. The van der Waals surface area contributed by atoms with E-state index in [0.717, 1.165) is 17.8 Å². The van der Waals surface area contributed by atoms with Crippen molar-refractivity contribution in [3.63, 3.8) is 0 Å². The monoisotopic (exact) mass is 388 g/mol. The van der Waals surface area contributed by atoms with Gasteiger partial charge < -0.3 is 4.74 Å². The van der Waals surface area contributed by atoms with E-state index in [1.165, 1.54) is 57.4 Å². The van der Waals surface area contributed by atoms with Crippen LogP contribution < -0.4 is 62.9 Å². The normalized spacial score (nSPS) is 31.2. The fourth-order valence-corrected chi connectivity index (χ4v) is 4.30. The van der Waals surface area contributed by atoms with Gasteiger partial charge in [0.15, 0.2) is 0 Å². The van der Waals surface area contributed by atoms with E-state index in [0.29, 0.717) is 18.3 Å². The molecular formula is C20H28FORb. The first-order chi connectivity index (χ1) is 10.7. The number of ether oxygens (including phenoxy) is 1. The molecule has 0 bridgehead atoms. The third-order valence-electron chi connectivity index (χ3n) is 5.87. The Bertz CT molecular complexity index is 462. The molecule has 0 amide bonds. The maximum Gasteiger partial charge on any atom is 1.00 e. The molecule has 1 aromatic rings. The van der Waals surface area contributed by atoms with E-state index < -0.39 is 0 Å². The molecule has 0 heterocycles. The van der Waals surface area contributed by atoms with E-state index in [-0.39, 0.29) is 64.0 Å². The molecule has 1 aromatic carbocycles. The van der Waals surface area contributed by atoms with E-state index in [4.69, 9.17) is 4.74 Å². The Kier molecular flexibility index (Phi) is 8.76. The van der Waals surface area contributed by atoms with Gasteiger partial charge in [0.2, 0.25) is 0 Å². The van der Waals surface area contributed by atoms with Crippen LogP contribution >= 0.6 is 0 Å². The summed E-state index contributed by atoms with van der Waals surface area (Å²) in [5.74, 6) is 3.53. The molecule has 0 atom stereocenters. The van der Waals surface area contributed by atoms with Gasteiger partial charge in [-0.2, -0.15) is 12.1 Å². The van der Waals surface area contributed by atoms with E-state index in [1.54, 1.807) is 12.1 Å². The SMILES string of the molecule is CC1CCC(C2CCC(COc3cc[c-]cc3F)CC2)CC1.[Rb+]. The Morgan fingerprint density at radius 1 is 1.04 bits per heavy atom. The van der Waals surface area contributed by atoms with Crippen molar-refractivity contribution in [2.24, 2.45) is 23.7 Å². The molecule has 122 valence electrons. The molecule has 2 aliphatic rings. The molecule has 2 aliphatic carbocycles. The average molecular weight is 389 g/mol. The molecule has 0 aromatic heterocycles. The summed E-state index contributed by atoms with van der Waals surface area (Å²) in [5.41, 5.74) is 0. The number of halogens is 1. The van der Waals surface area contributed by atoms with Gasteiger partial charge in [0, 0.05) is 11.6 Å². The maximum atomic E-state index is 13.5. The Morgan fingerprint density at radius 3 is 2.26 bits per heavy atom. The molecule has 0 aliphatic heterocycles. The summed E-state index contributed by atoms with van der Waals surface area (Å²) in [6, 6.07) is 7.45. The summed E-state index contributed by atoms with van der Waals surface area (Å²) in [6.45, 7) is 3.06. The number of benzene rings is 1. The maximum absolute atomic E-state index is 13.5. The number of hydrogen-bond acceptors (Lipinski definition) is 1. The summed E-state index contributed by atoms with van der Waals surface area (Å²) < 4.78 is 19.2. The molecule has 0 spiro atoms. The zero-order chi connectivity index (χ0) is 15.4. The first kappa shape index (κ1) is 20.1. The number of rotatable bonds is 4. The molecule has 2 saturated carbocycles. The van der Waals surface area contributed by atoms with Crippen molar-refractivity contribution in [2.75, 3.05) is 6.61 Å². The van der Waals surface area contributed by atoms with Crippen molar-refractivity contribution >= 4 is 0 Å². The standard InChI is InChI=1S/C20H28FO.Rb/c1-15-6-10-17(11-7-15)18-12-8-16(9-13-18)14-22-20-5-3-2-4-19(20)21;/h3-5,15-18H,6-14H2,1H3;/q-1;+1. The van der Waals surface area contributed by atoms with Crippen LogP contribution in [-0.4, -0.2) is 6.61 Å². The molecule has 23 heavy (non-hydrogen) atoms. The quantitative estimate of drug-likeness (QED) is 0.720. The van der Waals surface area contributed by atoms with Crippen molar-refractivity contribution in [2.45, 2.75) is 58.3 Å². The van der Waals surface area contributed by atoms with Crippen LogP contribution in [0.3, 0.4) is 0 Å². The van der Waals surface area contributed by atoms with Gasteiger partial charge >= 0.3 is 58.2 Å². The molecule has 3 rings (SSSR count). The first-order valence-corrected chi connectivity index (χ1v) is 9.00. The summed E-state index contributed by atoms with van der Waals surface area (Å²) in [6.07, 6.45) is 10.9. The van der Waals surface area contributed by atoms with E-state index >= 15 is 0 Å². The predicted octanol–water partition coefficient (Wildman–Crippen LogP) is 2.64. The number of hydrogen-bond donors (Lipinski definition) is 0. The van der Waals surface area contributed by atoms with Crippen molar-refractivity contribution in [1.82, 2.24) is 0 Å². The Hall–Kier alpha value is 0.755.